The van der Waals surface area contributed by atoms with Crippen molar-refractivity contribution >= 4 is 25.8 Å². The summed E-state index contributed by atoms with van der Waals surface area (Å²) >= 11 is 0. The van der Waals surface area contributed by atoms with Crippen LogP contribution in [0.1, 0.15) is 19.8 Å². The third-order valence-corrected chi connectivity index (χ3v) is 5.05. The highest BCUT2D eigenvalue weighted by Gasteiger charge is 2.30. The zero-order valence-electron chi connectivity index (χ0n) is 10.5. The standard InChI is InChI=1S/C9H16N2O6S2/c1-3-7(6-10)19(16,17)11-8(9(12)13)4-5-18(2,14)15/h7-8,11H,3-5H2,1-2H3,(H,12,13). The molecule has 0 radical (unpaired) electrons. The predicted molar refractivity (Wildman–Crippen MR) is 67.5 cm³/mol. The van der Waals surface area contributed by atoms with Gasteiger partial charge in [0.1, 0.15) is 15.9 Å². The summed E-state index contributed by atoms with van der Waals surface area (Å²) < 4.78 is 47.1. The molecule has 0 aliphatic heterocycles. The molecule has 2 atom stereocenters. The number of hydrogen-bond acceptors (Lipinski definition) is 6. The highest BCUT2D eigenvalue weighted by molar-refractivity contribution is 7.90. The summed E-state index contributed by atoms with van der Waals surface area (Å²) in [5.41, 5.74) is 0. The van der Waals surface area contributed by atoms with Gasteiger partial charge in [0.25, 0.3) is 0 Å². The SMILES string of the molecule is CCC(C#N)S(=O)(=O)NC(CCS(C)(=O)=O)C(=O)O. The average Bonchev–Trinajstić information content (AvgIpc) is 2.23. The number of carboxylic acids is 1. The fourth-order valence-electron chi connectivity index (χ4n) is 1.23. The van der Waals surface area contributed by atoms with Crippen molar-refractivity contribution in [3.05, 3.63) is 0 Å². The normalized spacial score (nSPS) is 15.4. The summed E-state index contributed by atoms with van der Waals surface area (Å²) in [4.78, 5) is 10.9. The van der Waals surface area contributed by atoms with Crippen LogP contribution >= 0.6 is 0 Å². The molecular formula is C9H16N2O6S2. The maximum atomic E-state index is 11.7. The Labute approximate surface area is 112 Å². The number of rotatable bonds is 8. The molecular weight excluding hydrogens is 296 g/mol. The summed E-state index contributed by atoms with van der Waals surface area (Å²) in [5, 5.41) is 16.1. The molecule has 10 heteroatoms. The minimum atomic E-state index is -4.12. The Morgan fingerprint density at radius 2 is 1.89 bits per heavy atom. The number of carboxylic acid groups (broad SMARTS) is 1. The molecule has 0 spiro atoms. The van der Waals surface area contributed by atoms with E-state index in [0.29, 0.717) is 0 Å². The third-order valence-electron chi connectivity index (χ3n) is 2.27. The van der Waals surface area contributed by atoms with Gasteiger partial charge in [0.05, 0.1) is 11.8 Å². The fourth-order valence-corrected chi connectivity index (χ4v) is 3.25. The monoisotopic (exact) mass is 312 g/mol. The van der Waals surface area contributed by atoms with Crippen molar-refractivity contribution in [2.24, 2.45) is 0 Å². The second kappa shape index (κ2) is 6.83. The van der Waals surface area contributed by atoms with Crippen molar-refractivity contribution in [1.29, 1.82) is 5.26 Å². The van der Waals surface area contributed by atoms with E-state index in [1.807, 2.05) is 4.72 Å². The second-order valence-corrected chi connectivity index (χ2v) is 8.15. The molecule has 0 aliphatic carbocycles. The molecule has 0 amide bonds. The van der Waals surface area contributed by atoms with Gasteiger partial charge in [0.15, 0.2) is 5.25 Å². The Hall–Kier alpha value is -1.18. The first-order valence-electron chi connectivity index (χ1n) is 5.34. The lowest BCUT2D eigenvalue weighted by Gasteiger charge is -2.16. The number of nitriles is 1. The van der Waals surface area contributed by atoms with Crippen LogP contribution in [0.3, 0.4) is 0 Å². The summed E-state index contributed by atoms with van der Waals surface area (Å²) in [6, 6.07) is -0.0205. The molecule has 0 heterocycles. The van der Waals surface area contributed by atoms with Crippen LogP contribution in [0.4, 0.5) is 0 Å². The summed E-state index contributed by atoms with van der Waals surface area (Å²) in [7, 11) is -7.52. The Bertz CT molecular complexity index is 560. The van der Waals surface area contributed by atoms with Gasteiger partial charge in [-0.1, -0.05) is 6.92 Å². The zero-order chi connectivity index (χ0) is 15.3. The lowest BCUT2D eigenvalue weighted by Crippen LogP contribution is -2.45. The molecule has 2 unspecified atom stereocenters. The molecule has 110 valence electrons. The third kappa shape index (κ3) is 6.51. The van der Waals surface area contributed by atoms with E-state index < -0.39 is 49.3 Å². The van der Waals surface area contributed by atoms with E-state index in [9.17, 15) is 21.6 Å². The first-order valence-corrected chi connectivity index (χ1v) is 8.95. The minimum absolute atomic E-state index is 0.00422. The highest BCUT2D eigenvalue weighted by Crippen LogP contribution is 2.06. The number of aliphatic carboxylic acids is 1. The Kier molecular flexibility index (Phi) is 6.41. The zero-order valence-corrected chi connectivity index (χ0v) is 12.2. The molecule has 0 aliphatic rings. The van der Waals surface area contributed by atoms with E-state index in [1.165, 1.54) is 6.92 Å². The van der Waals surface area contributed by atoms with Gasteiger partial charge < -0.3 is 5.11 Å². The molecule has 0 aromatic heterocycles. The lowest BCUT2D eigenvalue weighted by atomic mass is 10.2. The topological polar surface area (TPSA) is 141 Å². The van der Waals surface area contributed by atoms with Gasteiger partial charge in [-0.05, 0) is 12.8 Å². The molecule has 0 aromatic carbocycles. The first kappa shape index (κ1) is 17.8. The van der Waals surface area contributed by atoms with Crippen LogP contribution in [-0.2, 0) is 24.7 Å². The van der Waals surface area contributed by atoms with Crippen LogP contribution in [0.15, 0.2) is 0 Å². The van der Waals surface area contributed by atoms with Crippen molar-refractivity contribution < 1.29 is 26.7 Å². The van der Waals surface area contributed by atoms with E-state index in [2.05, 4.69) is 0 Å². The number of sulfonamides is 1. The van der Waals surface area contributed by atoms with Crippen LogP contribution in [0.5, 0.6) is 0 Å². The van der Waals surface area contributed by atoms with Crippen molar-refractivity contribution in [3.8, 4) is 6.07 Å². The van der Waals surface area contributed by atoms with E-state index in [1.54, 1.807) is 6.07 Å². The summed E-state index contributed by atoms with van der Waals surface area (Å²) in [5.74, 6) is -1.95. The molecule has 0 aromatic rings. The van der Waals surface area contributed by atoms with E-state index in [-0.39, 0.29) is 6.42 Å². The van der Waals surface area contributed by atoms with Gasteiger partial charge in [0, 0.05) is 6.26 Å². The van der Waals surface area contributed by atoms with Crippen LogP contribution in [0.2, 0.25) is 0 Å². The van der Waals surface area contributed by atoms with Crippen molar-refractivity contribution in [2.45, 2.75) is 31.1 Å². The van der Waals surface area contributed by atoms with Crippen LogP contribution in [-0.4, -0.2) is 51.2 Å². The van der Waals surface area contributed by atoms with Crippen molar-refractivity contribution in [3.63, 3.8) is 0 Å². The molecule has 19 heavy (non-hydrogen) atoms. The lowest BCUT2D eigenvalue weighted by molar-refractivity contribution is -0.139. The summed E-state index contributed by atoms with van der Waals surface area (Å²) in [6.07, 6.45) is 0.532. The van der Waals surface area contributed by atoms with E-state index in [0.717, 1.165) is 6.26 Å². The van der Waals surface area contributed by atoms with Gasteiger partial charge in [-0.3, -0.25) is 4.79 Å². The van der Waals surface area contributed by atoms with E-state index in [4.69, 9.17) is 10.4 Å². The minimum Gasteiger partial charge on any atom is -0.480 e. The number of sulfone groups is 1. The van der Waals surface area contributed by atoms with Gasteiger partial charge >= 0.3 is 5.97 Å². The predicted octanol–water partition coefficient (Wildman–Crippen LogP) is -0.904. The second-order valence-electron chi connectivity index (χ2n) is 4.00. The first-order chi connectivity index (χ1) is 8.53. The Morgan fingerprint density at radius 3 is 2.21 bits per heavy atom. The number of hydrogen-bond donors (Lipinski definition) is 2. The fraction of sp³-hybridized carbons (Fsp3) is 0.778. The highest BCUT2D eigenvalue weighted by atomic mass is 32.2. The van der Waals surface area contributed by atoms with Crippen molar-refractivity contribution in [2.75, 3.05) is 12.0 Å². The molecule has 0 saturated heterocycles. The quantitative estimate of drug-likeness (QED) is 0.591. The van der Waals surface area contributed by atoms with Crippen LogP contribution < -0.4 is 4.72 Å². The van der Waals surface area contributed by atoms with Gasteiger partial charge in [-0.25, -0.2) is 16.8 Å². The molecule has 0 fully saturated rings. The van der Waals surface area contributed by atoms with Crippen LogP contribution in [0.25, 0.3) is 0 Å². The number of carbonyl (C=O) groups is 1. The van der Waals surface area contributed by atoms with Crippen LogP contribution in [0, 0.1) is 11.3 Å². The van der Waals surface area contributed by atoms with E-state index >= 15 is 0 Å². The number of nitrogens with one attached hydrogen (secondary N) is 1. The number of nitrogens with zero attached hydrogens (tertiary/aromatic N) is 1. The summed E-state index contributed by atoms with van der Waals surface area (Å²) in [6.45, 7) is 1.47. The van der Waals surface area contributed by atoms with Gasteiger partial charge in [-0.15, -0.1) is 0 Å². The molecule has 0 saturated carbocycles. The van der Waals surface area contributed by atoms with Crippen molar-refractivity contribution in [1.82, 2.24) is 4.72 Å². The molecule has 0 bridgehead atoms. The smallest absolute Gasteiger partial charge is 0.321 e. The molecule has 8 nitrogen and oxygen atoms in total. The Morgan fingerprint density at radius 1 is 1.37 bits per heavy atom. The largest absolute Gasteiger partial charge is 0.480 e. The molecule has 2 N–H and O–H groups in total. The van der Waals surface area contributed by atoms with Gasteiger partial charge in [0.2, 0.25) is 10.0 Å². The Balaban J connectivity index is 4.97. The molecule has 0 rings (SSSR count). The van der Waals surface area contributed by atoms with Gasteiger partial charge in [-0.2, -0.15) is 9.98 Å². The maximum Gasteiger partial charge on any atom is 0.321 e. The average molecular weight is 312 g/mol. The maximum absolute atomic E-state index is 11.7.